The minimum absolute atomic E-state index is 0.0669. The zero-order chi connectivity index (χ0) is 22.5. The third-order valence-electron chi connectivity index (χ3n) is 4.92. The molecule has 0 fully saturated rings. The lowest BCUT2D eigenvalue weighted by Gasteiger charge is -2.20. The Bertz CT molecular complexity index is 1080. The number of oxazole rings is 1. The smallest absolute Gasteiger partial charge is 0.306 e. The quantitative estimate of drug-likeness (QED) is 0.515. The van der Waals surface area contributed by atoms with Gasteiger partial charge in [-0.3, -0.25) is 9.59 Å². The Morgan fingerprint density at radius 1 is 1.23 bits per heavy atom. The summed E-state index contributed by atoms with van der Waals surface area (Å²) in [5.74, 6) is -1.99. The van der Waals surface area contributed by atoms with Crippen LogP contribution in [0.5, 0.6) is 0 Å². The van der Waals surface area contributed by atoms with Crippen LogP contribution in [0.2, 0.25) is 5.02 Å². The van der Waals surface area contributed by atoms with Gasteiger partial charge in [-0.15, -0.1) is 0 Å². The largest absolute Gasteiger partial charge is 0.481 e. The number of aryl methyl sites for hydroxylation is 1. The number of hydrogen-bond donors (Lipinski definition) is 2. The Kier molecular flexibility index (Phi) is 7.07. The van der Waals surface area contributed by atoms with Crippen LogP contribution in [0.1, 0.15) is 35.4 Å². The summed E-state index contributed by atoms with van der Waals surface area (Å²) in [4.78, 5) is 27.7. The standard InChI is InChI=1S/C23H22ClFN2O4/c1-13(23(29)30)9-18(27-22(28)21-12-26-14(2)31-21)10-15-3-5-16(6-4-15)19-11-17(24)7-8-20(19)25/h3-8,11-13,18H,9-10H2,1-2H3,(H,27,28)(H,29,30)/t13-,18+/m1/s1. The first-order valence-corrected chi connectivity index (χ1v) is 10.1. The van der Waals surface area contributed by atoms with Crippen LogP contribution in [0.15, 0.2) is 53.1 Å². The summed E-state index contributed by atoms with van der Waals surface area (Å²) in [6.07, 6.45) is 1.96. The van der Waals surface area contributed by atoms with E-state index in [4.69, 9.17) is 16.0 Å². The van der Waals surface area contributed by atoms with Crippen molar-refractivity contribution >= 4 is 23.5 Å². The number of carbonyl (C=O) groups excluding carboxylic acids is 1. The summed E-state index contributed by atoms with van der Waals surface area (Å²) in [6, 6.07) is 11.1. The second-order valence-corrected chi connectivity index (χ2v) is 7.85. The highest BCUT2D eigenvalue weighted by Gasteiger charge is 2.22. The normalized spacial score (nSPS) is 12.9. The first-order chi connectivity index (χ1) is 14.7. The van der Waals surface area contributed by atoms with E-state index in [1.54, 1.807) is 32.0 Å². The molecule has 0 spiro atoms. The van der Waals surface area contributed by atoms with Crippen molar-refractivity contribution < 1.29 is 23.5 Å². The number of carboxylic acids is 1. The number of benzene rings is 2. The number of aliphatic carboxylic acids is 1. The lowest BCUT2D eigenvalue weighted by atomic mass is 9.94. The molecule has 31 heavy (non-hydrogen) atoms. The molecule has 1 amide bonds. The van der Waals surface area contributed by atoms with Gasteiger partial charge in [0.05, 0.1) is 12.1 Å². The predicted octanol–water partition coefficient (Wildman–Crippen LogP) is 4.89. The Morgan fingerprint density at radius 3 is 2.55 bits per heavy atom. The van der Waals surface area contributed by atoms with E-state index in [-0.39, 0.29) is 18.0 Å². The molecule has 1 heterocycles. The van der Waals surface area contributed by atoms with Gasteiger partial charge >= 0.3 is 5.97 Å². The van der Waals surface area contributed by atoms with Crippen LogP contribution >= 0.6 is 11.6 Å². The number of amides is 1. The third kappa shape index (κ3) is 5.92. The van der Waals surface area contributed by atoms with E-state index in [1.165, 1.54) is 18.3 Å². The molecular weight excluding hydrogens is 423 g/mol. The van der Waals surface area contributed by atoms with Gasteiger partial charge in [0.15, 0.2) is 5.89 Å². The summed E-state index contributed by atoms with van der Waals surface area (Å²) >= 11 is 5.97. The number of nitrogens with zero attached hydrogens (tertiary/aromatic N) is 1. The van der Waals surface area contributed by atoms with E-state index in [9.17, 15) is 19.1 Å². The lowest BCUT2D eigenvalue weighted by Crippen LogP contribution is -2.38. The fraction of sp³-hybridized carbons (Fsp3) is 0.261. The molecule has 0 aliphatic heterocycles. The molecule has 1 aromatic heterocycles. The molecule has 2 aromatic carbocycles. The highest BCUT2D eigenvalue weighted by Crippen LogP contribution is 2.26. The van der Waals surface area contributed by atoms with Gasteiger partial charge in [-0.2, -0.15) is 0 Å². The first-order valence-electron chi connectivity index (χ1n) is 9.73. The Balaban J connectivity index is 1.77. The molecule has 3 aromatic rings. The molecule has 0 bridgehead atoms. The van der Waals surface area contributed by atoms with Gasteiger partial charge in [-0.1, -0.05) is 42.8 Å². The lowest BCUT2D eigenvalue weighted by molar-refractivity contribution is -0.141. The highest BCUT2D eigenvalue weighted by atomic mass is 35.5. The van der Waals surface area contributed by atoms with Crippen molar-refractivity contribution in [1.29, 1.82) is 0 Å². The molecule has 0 aliphatic rings. The maximum atomic E-state index is 14.1. The molecule has 2 N–H and O–H groups in total. The van der Waals surface area contributed by atoms with Gasteiger partial charge in [-0.05, 0) is 42.2 Å². The van der Waals surface area contributed by atoms with Crippen LogP contribution < -0.4 is 5.32 Å². The van der Waals surface area contributed by atoms with E-state index in [2.05, 4.69) is 10.3 Å². The number of hydrogen-bond acceptors (Lipinski definition) is 4. The topological polar surface area (TPSA) is 92.4 Å². The van der Waals surface area contributed by atoms with Gasteiger partial charge < -0.3 is 14.8 Å². The zero-order valence-corrected chi connectivity index (χ0v) is 17.8. The molecule has 0 radical (unpaired) electrons. The van der Waals surface area contributed by atoms with Gasteiger partial charge in [0.25, 0.3) is 5.91 Å². The van der Waals surface area contributed by atoms with Gasteiger partial charge in [0, 0.05) is 23.6 Å². The van der Waals surface area contributed by atoms with Gasteiger partial charge in [0.1, 0.15) is 5.82 Å². The minimum Gasteiger partial charge on any atom is -0.481 e. The molecule has 162 valence electrons. The van der Waals surface area contributed by atoms with E-state index < -0.39 is 23.8 Å². The Labute approximate surface area is 184 Å². The number of carboxylic acid groups (broad SMARTS) is 1. The van der Waals surface area contributed by atoms with Crippen molar-refractivity contribution in [3.8, 4) is 11.1 Å². The van der Waals surface area contributed by atoms with Crippen LogP contribution in [-0.4, -0.2) is 28.0 Å². The third-order valence-corrected chi connectivity index (χ3v) is 5.15. The summed E-state index contributed by atoms with van der Waals surface area (Å²) in [5, 5.41) is 12.5. The van der Waals surface area contributed by atoms with Crippen LogP contribution in [0.3, 0.4) is 0 Å². The molecule has 6 nitrogen and oxygen atoms in total. The molecular formula is C23H22ClFN2O4. The van der Waals surface area contributed by atoms with Crippen molar-refractivity contribution in [2.24, 2.45) is 5.92 Å². The fourth-order valence-corrected chi connectivity index (χ4v) is 3.44. The minimum atomic E-state index is -0.943. The molecule has 2 atom stereocenters. The number of carbonyl (C=O) groups is 2. The average molecular weight is 445 g/mol. The summed E-state index contributed by atoms with van der Waals surface area (Å²) in [7, 11) is 0. The van der Waals surface area contributed by atoms with Crippen LogP contribution in [0.25, 0.3) is 11.1 Å². The summed E-state index contributed by atoms with van der Waals surface area (Å²) in [6.45, 7) is 3.22. The molecule has 0 saturated carbocycles. The van der Waals surface area contributed by atoms with Crippen molar-refractivity contribution in [2.45, 2.75) is 32.7 Å². The molecule has 0 aliphatic carbocycles. The Hall–Kier alpha value is -3.19. The Morgan fingerprint density at radius 2 is 1.94 bits per heavy atom. The predicted molar refractivity (Wildman–Crippen MR) is 114 cm³/mol. The molecule has 8 heteroatoms. The summed E-state index contributed by atoms with van der Waals surface area (Å²) < 4.78 is 19.4. The number of halogens is 2. The second kappa shape index (κ2) is 9.75. The number of aromatic nitrogens is 1. The highest BCUT2D eigenvalue weighted by molar-refractivity contribution is 6.30. The summed E-state index contributed by atoms with van der Waals surface area (Å²) in [5.41, 5.74) is 1.92. The SMILES string of the molecule is Cc1ncc(C(=O)N[C@H](Cc2ccc(-c3cc(Cl)ccc3F)cc2)C[C@@H](C)C(=O)O)o1. The zero-order valence-electron chi connectivity index (χ0n) is 17.1. The van der Waals surface area contributed by atoms with E-state index >= 15 is 0 Å². The van der Waals surface area contributed by atoms with Crippen LogP contribution in [0.4, 0.5) is 4.39 Å². The van der Waals surface area contributed by atoms with E-state index in [0.29, 0.717) is 28.5 Å². The van der Waals surface area contributed by atoms with Gasteiger partial charge in [0.2, 0.25) is 5.76 Å². The monoisotopic (exact) mass is 444 g/mol. The number of nitrogens with one attached hydrogen (secondary N) is 1. The maximum Gasteiger partial charge on any atom is 0.306 e. The van der Waals surface area contributed by atoms with Crippen molar-refractivity contribution in [1.82, 2.24) is 10.3 Å². The van der Waals surface area contributed by atoms with Crippen LogP contribution in [-0.2, 0) is 11.2 Å². The van der Waals surface area contributed by atoms with Crippen molar-refractivity contribution in [3.63, 3.8) is 0 Å². The van der Waals surface area contributed by atoms with Crippen molar-refractivity contribution in [3.05, 3.63) is 76.7 Å². The second-order valence-electron chi connectivity index (χ2n) is 7.41. The van der Waals surface area contributed by atoms with Crippen molar-refractivity contribution in [2.75, 3.05) is 0 Å². The molecule has 3 rings (SSSR count). The average Bonchev–Trinajstić information content (AvgIpc) is 3.17. The van der Waals surface area contributed by atoms with E-state index in [0.717, 1.165) is 5.56 Å². The first kappa shape index (κ1) is 22.5. The van der Waals surface area contributed by atoms with Gasteiger partial charge in [-0.25, -0.2) is 9.37 Å². The molecule has 0 unspecified atom stereocenters. The number of rotatable bonds is 8. The van der Waals surface area contributed by atoms with E-state index in [1.807, 2.05) is 12.1 Å². The van der Waals surface area contributed by atoms with Crippen LogP contribution in [0, 0.1) is 18.7 Å². The maximum absolute atomic E-state index is 14.1. The molecule has 0 saturated heterocycles. The fourth-order valence-electron chi connectivity index (χ4n) is 3.27.